The normalized spacial score (nSPS) is 17.0. The van der Waals surface area contributed by atoms with Crippen LogP contribution in [-0.4, -0.2) is 60.5 Å². The number of rotatable bonds is 4. The first-order valence-electron chi connectivity index (χ1n) is 9.93. The summed E-state index contributed by atoms with van der Waals surface area (Å²) >= 11 is 0. The zero-order valence-electron chi connectivity index (χ0n) is 18.2. The largest absolute Gasteiger partial charge is 0.368 e. The van der Waals surface area contributed by atoms with Crippen LogP contribution in [0.4, 0.5) is 5.95 Å². The van der Waals surface area contributed by atoms with E-state index >= 15 is 0 Å². The fourth-order valence-corrected chi connectivity index (χ4v) is 3.36. The van der Waals surface area contributed by atoms with Crippen LogP contribution in [-0.2, 0) is 9.53 Å². The van der Waals surface area contributed by atoms with Crippen LogP contribution in [0.15, 0.2) is 30.5 Å². The van der Waals surface area contributed by atoms with E-state index < -0.39 is 11.3 Å². The molecule has 1 atom stereocenters. The van der Waals surface area contributed by atoms with E-state index in [9.17, 15) is 9.59 Å². The first-order chi connectivity index (χ1) is 14.1. The number of morpholine rings is 1. The number of benzene rings is 1. The van der Waals surface area contributed by atoms with E-state index in [0.717, 1.165) is 11.1 Å². The van der Waals surface area contributed by atoms with Crippen molar-refractivity contribution in [3.8, 4) is 11.1 Å². The number of aromatic nitrogens is 2. The summed E-state index contributed by atoms with van der Waals surface area (Å²) in [6, 6.07) is 6.99. The Labute approximate surface area is 177 Å². The summed E-state index contributed by atoms with van der Waals surface area (Å²) in [6.07, 6.45) is 1.38. The molecule has 30 heavy (non-hydrogen) atoms. The van der Waals surface area contributed by atoms with Gasteiger partial charge in [0.2, 0.25) is 17.8 Å². The van der Waals surface area contributed by atoms with E-state index in [2.05, 4.69) is 4.98 Å². The fraction of sp³-hybridized carbons (Fsp3) is 0.455. The number of nitrogens with zero attached hydrogens (tertiary/aromatic N) is 4. The lowest BCUT2D eigenvalue weighted by molar-refractivity contribution is -0.147. The number of ether oxygens (including phenoxy) is 1. The molecule has 0 saturated carbocycles. The van der Waals surface area contributed by atoms with E-state index in [-0.39, 0.29) is 12.0 Å². The smallest absolute Gasteiger partial charge is 0.248 e. The number of primary amides is 1. The molecule has 2 N–H and O–H groups in total. The van der Waals surface area contributed by atoms with Crippen LogP contribution in [0.3, 0.4) is 0 Å². The highest BCUT2D eigenvalue weighted by atomic mass is 16.5. The molecule has 2 amide bonds. The lowest BCUT2D eigenvalue weighted by Gasteiger charge is -2.36. The number of anilines is 1. The molecule has 1 fully saturated rings. The fourth-order valence-electron chi connectivity index (χ4n) is 3.36. The summed E-state index contributed by atoms with van der Waals surface area (Å²) in [5.74, 6) is 0.170. The van der Waals surface area contributed by atoms with Crippen molar-refractivity contribution < 1.29 is 14.3 Å². The second-order valence-electron chi connectivity index (χ2n) is 8.67. The Bertz CT molecular complexity index is 935. The average Bonchev–Trinajstić information content (AvgIpc) is 2.72. The number of hydrogen-bond acceptors (Lipinski definition) is 6. The highest BCUT2D eigenvalue weighted by Crippen LogP contribution is 2.32. The molecule has 2 heterocycles. The second-order valence-corrected chi connectivity index (χ2v) is 8.67. The van der Waals surface area contributed by atoms with E-state index in [0.29, 0.717) is 36.9 Å². The standard InChI is InChI=1S/C22H29N5O3/c1-22(2,3)20(29)27-10-11-30-17(13-27)18-16(12-24-21(25-18)26(4)5)14-6-8-15(9-7-14)19(23)28/h6-9,12,17H,10-11,13H2,1-5H3,(H2,23,28)/t17-/m1/s1. The Hall–Kier alpha value is -3.00. The molecular weight excluding hydrogens is 382 g/mol. The molecular formula is C22H29N5O3. The molecule has 0 aliphatic carbocycles. The molecule has 1 aromatic heterocycles. The third-order valence-corrected chi connectivity index (χ3v) is 4.99. The minimum Gasteiger partial charge on any atom is -0.368 e. The zero-order valence-corrected chi connectivity index (χ0v) is 18.2. The van der Waals surface area contributed by atoms with Gasteiger partial charge in [0.15, 0.2) is 0 Å². The van der Waals surface area contributed by atoms with Crippen molar-refractivity contribution in [1.82, 2.24) is 14.9 Å². The van der Waals surface area contributed by atoms with Gasteiger partial charge in [-0.15, -0.1) is 0 Å². The second kappa shape index (κ2) is 8.39. The topological polar surface area (TPSA) is 102 Å². The first-order valence-corrected chi connectivity index (χ1v) is 9.93. The van der Waals surface area contributed by atoms with Gasteiger partial charge in [-0.05, 0) is 17.7 Å². The van der Waals surface area contributed by atoms with Gasteiger partial charge >= 0.3 is 0 Å². The van der Waals surface area contributed by atoms with Crippen LogP contribution in [0.1, 0.15) is 42.9 Å². The van der Waals surface area contributed by atoms with Crippen molar-refractivity contribution in [3.05, 3.63) is 41.7 Å². The van der Waals surface area contributed by atoms with Crippen LogP contribution in [0, 0.1) is 5.41 Å². The van der Waals surface area contributed by atoms with Gasteiger partial charge in [-0.25, -0.2) is 9.97 Å². The molecule has 3 rings (SSSR count). The van der Waals surface area contributed by atoms with E-state index in [1.165, 1.54) is 0 Å². The summed E-state index contributed by atoms with van der Waals surface area (Å²) in [5.41, 5.74) is 7.69. The van der Waals surface area contributed by atoms with Crippen molar-refractivity contribution in [2.75, 3.05) is 38.7 Å². The van der Waals surface area contributed by atoms with Crippen molar-refractivity contribution in [3.63, 3.8) is 0 Å². The highest BCUT2D eigenvalue weighted by molar-refractivity contribution is 5.93. The molecule has 0 unspecified atom stereocenters. The number of carbonyl (C=O) groups is 2. The van der Waals surface area contributed by atoms with Gasteiger partial charge in [0.1, 0.15) is 6.10 Å². The minimum absolute atomic E-state index is 0.0880. The predicted octanol–water partition coefficient (Wildman–Crippen LogP) is 2.25. The average molecular weight is 412 g/mol. The Balaban J connectivity index is 2.00. The summed E-state index contributed by atoms with van der Waals surface area (Å²) in [7, 11) is 3.75. The molecule has 8 nitrogen and oxygen atoms in total. The van der Waals surface area contributed by atoms with E-state index in [4.69, 9.17) is 15.5 Å². The predicted molar refractivity (Wildman–Crippen MR) is 115 cm³/mol. The van der Waals surface area contributed by atoms with Gasteiger partial charge in [-0.1, -0.05) is 32.9 Å². The van der Waals surface area contributed by atoms with Gasteiger partial charge in [0.25, 0.3) is 0 Å². The van der Waals surface area contributed by atoms with Gasteiger partial charge in [0, 0.05) is 43.4 Å². The number of amides is 2. The Morgan fingerprint density at radius 3 is 2.43 bits per heavy atom. The molecule has 0 bridgehead atoms. The zero-order chi connectivity index (χ0) is 22.1. The summed E-state index contributed by atoms with van der Waals surface area (Å²) < 4.78 is 6.04. The van der Waals surface area contributed by atoms with E-state index in [1.54, 1.807) is 18.3 Å². The summed E-state index contributed by atoms with van der Waals surface area (Å²) in [5, 5.41) is 0. The van der Waals surface area contributed by atoms with Crippen LogP contribution in [0.2, 0.25) is 0 Å². The highest BCUT2D eigenvalue weighted by Gasteiger charge is 2.33. The molecule has 1 saturated heterocycles. The van der Waals surface area contributed by atoms with Gasteiger partial charge in [0.05, 0.1) is 18.8 Å². The molecule has 8 heteroatoms. The van der Waals surface area contributed by atoms with Crippen LogP contribution in [0.5, 0.6) is 0 Å². The van der Waals surface area contributed by atoms with Gasteiger partial charge in [-0.3, -0.25) is 9.59 Å². The number of nitrogens with two attached hydrogens (primary N) is 1. The van der Waals surface area contributed by atoms with Crippen LogP contribution >= 0.6 is 0 Å². The first kappa shape index (κ1) is 21.7. The van der Waals surface area contributed by atoms with Crippen molar-refractivity contribution in [1.29, 1.82) is 0 Å². The summed E-state index contributed by atoms with van der Waals surface area (Å²) in [6.45, 7) is 7.17. The molecule has 2 aromatic rings. The Kier molecular flexibility index (Phi) is 6.07. The number of hydrogen-bond donors (Lipinski definition) is 1. The third-order valence-electron chi connectivity index (χ3n) is 4.99. The molecule has 0 radical (unpaired) electrons. The van der Waals surface area contributed by atoms with Crippen LogP contribution in [0.25, 0.3) is 11.1 Å². The van der Waals surface area contributed by atoms with Crippen molar-refractivity contribution in [2.45, 2.75) is 26.9 Å². The number of carbonyl (C=O) groups excluding carboxylic acids is 2. The molecule has 1 aliphatic rings. The third kappa shape index (κ3) is 4.59. The maximum Gasteiger partial charge on any atom is 0.248 e. The van der Waals surface area contributed by atoms with Gasteiger partial charge < -0.3 is 20.3 Å². The Morgan fingerprint density at radius 1 is 1.20 bits per heavy atom. The lowest BCUT2D eigenvalue weighted by Crippen LogP contribution is -2.47. The molecule has 1 aromatic carbocycles. The van der Waals surface area contributed by atoms with Crippen molar-refractivity contribution in [2.24, 2.45) is 11.1 Å². The maximum atomic E-state index is 12.8. The molecule has 0 spiro atoms. The van der Waals surface area contributed by atoms with E-state index in [1.807, 2.05) is 56.8 Å². The molecule has 1 aliphatic heterocycles. The van der Waals surface area contributed by atoms with Gasteiger partial charge in [-0.2, -0.15) is 0 Å². The SMILES string of the molecule is CN(C)c1ncc(-c2ccc(C(N)=O)cc2)c([C@H]2CN(C(=O)C(C)(C)C)CCO2)n1. The lowest BCUT2D eigenvalue weighted by atomic mass is 9.94. The summed E-state index contributed by atoms with van der Waals surface area (Å²) in [4.78, 5) is 37.1. The molecule has 160 valence electrons. The Morgan fingerprint density at radius 2 is 1.87 bits per heavy atom. The monoisotopic (exact) mass is 411 g/mol. The quantitative estimate of drug-likeness (QED) is 0.828. The minimum atomic E-state index is -0.479. The van der Waals surface area contributed by atoms with Crippen molar-refractivity contribution >= 4 is 17.8 Å². The maximum absolute atomic E-state index is 12.8. The van der Waals surface area contributed by atoms with Crippen LogP contribution < -0.4 is 10.6 Å².